The van der Waals surface area contributed by atoms with Gasteiger partial charge in [0.2, 0.25) is 5.95 Å². The van der Waals surface area contributed by atoms with Crippen molar-refractivity contribution < 1.29 is 8.76 Å². The van der Waals surface area contributed by atoms with Crippen molar-refractivity contribution in [1.82, 2.24) is 28.7 Å². The molecule has 2 saturated heterocycles. The summed E-state index contributed by atoms with van der Waals surface area (Å²) in [6, 6.07) is 20.3. The Labute approximate surface area is 250 Å². The highest BCUT2D eigenvalue weighted by atomic mass is 32.2. The standard InChI is InChI=1S/C31H40N8O2S/c1-35-16-18-37(19-17-35)21-24-6-5-15-38(22-24)27-11-9-26(10-12-27)33-31-32-20-28-13-14-30(39(28)34-31)29-8-4-3-7-25(29)23-36(2)42(40)41/h3-4,7-14,20,24H,5-6,15-19,21-23H2,1-2H3,(H,33,34)(H,40,41)/p-1. The van der Waals surface area contributed by atoms with Gasteiger partial charge in [0.15, 0.2) is 0 Å². The molecule has 0 aliphatic carbocycles. The summed E-state index contributed by atoms with van der Waals surface area (Å²) in [5.41, 5.74) is 5.75. The zero-order valence-corrected chi connectivity index (χ0v) is 25.2. The largest absolute Gasteiger partial charge is 0.760 e. The third-order valence-electron chi connectivity index (χ3n) is 8.46. The van der Waals surface area contributed by atoms with Crippen molar-refractivity contribution in [3.63, 3.8) is 0 Å². The number of nitrogens with one attached hydrogen (secondary N) is 1. The van der Waals surface area contributed by atoms with Gasteiger partial charge < -0.3 is 24.6 Å². The predicted octanol–water partition coefficient (Wildman–Crippen LogP) is 3.83. The minimum Gasteiger partial charge on any atom is -0.760 e. The van der Waals surface area contributed by atoms with Crippen LogP contribution in [0.15, 0.2) is 66.9 Å². The maximum Gasteiger partial charge on any atom is 0.245 e. The van der Waals surface area contributed by atoms with Crippen molar-refractivity contribution in [2.75, 3.05) is 70.1 Å². The van der Waals surface area contributed by atoms with Gasteiger partial charge in [-0.2, -0.15) is 0 Å². The smallest absolute Gasteiger partial charge is 0.245 e. The van der Waals surface area contributed by atoms with Gasteiger partial charge in [0.1, 0.15) is 0 Å². The summed E-state index contributed by atoms with van der Waals surface area (Å²) in [5, 5.41) is 8.15. The fourth-order valence-corrected chi connectivity index (χ4v) is 6.34. The number of anilines is 3. The molecule has 0 spiro atoms. The molecule has 0 bridgehead atoms. The van der Waals surface area contributed by atoms with Crippen LogP contribution in [0.5, 0.6) is 0 Å². The van der Waals surface area contributed by atoms with E-state index in [2.05, 4.69) is 56.3 Å². The zero-order valence-electron chi connectivity index (χ0n) is 24.4. The van der Waals surface area contributed by atoms with Gasteiger partial charge >= 0.3 is 0 Å². The van der Waals surface area contributed by atoms with Gasteiger partial charge in [-0.1, -0.05) is 24.3 Å². The zero-order chi connectivity index (χ0) is 29.1. The second kappa shape index (κ2) is 12.9. The van der Waals surface area contributed by atoms with Gasteiger partial charge in [-0.25, -0.2) is 13.8 Å². The van der Waals surface area contributed by atoms with E-state index in [1.807, 2.05) is 40.9 Å². The van der Waals surface area contributed by atoms with Gasteiger partial charge in [0.05, 0.1) is 17.4 Å². The van der Waals surface area contributed by atoms with E-state index in [-0.39, 0.29) is 6.54 Å². The first-order chi connectivity index (χ1) is 20.4. The molecule has 11 heteroatoms. The van der Waals surface area contributed by atoms with Crippen LogP contribution in [0.1, 0.15) is 18.4 Å². The molecule has 2 aliphatic heterocycles. The first-order valence-corrected chi connectivity index (χ1v) is 15.7. The summed E-state index contributed by atoms with van der Waals surface area (Å²) in [5.74, 6) is 1.21. The second-order valence-corrected chi connectivity index (χ2v) is 12.6. The number of piperazine rings is 1. The molecule has 2 unspecified atom stereocenters. The Balaban J connectivity index is 1.14. The summed E-state index contributed by atoms with van der Waals surface area (Å²) in [6.07, 6.45) is 4.34. The molecular formula is C31H39N8O2S-. The molecule has 2 aromatic carbocycles. The molecule has 10 nitrogen and oxygen atoms in total. The Bertz CT molecular complexity index is 1520. The third-order valence-corrected chi connectivity index (χ3v) is 9.10. The van der Waals surface area contributed by atoms with Crippen LogP contribution >= 0.6 is 0 Å². The minimum absolute atomic E-state index is 0.273. The molecule has 2 fully saturated rings. The summed E-state index contributed by atoms with van der Waals surface area (Å²) in [7, 11) is 3.77. The van der Waals surface area contributed by atoms with Crippen molar-refractivity contribution in [2.24, 2.45) is 5.92 Å². The lowest BCUT2D eigenvalue weighted by Gasteiger charge is -2.39. The predicted molar refractivity (Wildman–Crippen MR) is 167 cm³/mol. The number of benzene rings is 2. The van der Waals surface area contributed by atoms with Crippen LogP contribution in [-0.2, 0) is 17.8 Å². The van der Waals surface area contributed by atoms with E-state index in [1.165, 1.54) is 55.6 Å². The van der Waals surface area contributed by atoms with E-state index in [9.17, 15) is 8.76 Å². The van der Waals surface area contributed by atoms with Crippen molar-refractivity contribution in [2.45, 2.75) is 19.4 Å². The Kier molecular flexibility index (Phi) is 8.82. The molecule has 2 aliphatic rings. The average Bonchev–Trinajstić information content (AvgIpc) is 3.42. The Hall–Kier alpha value is -3.35. The SMILES string of the molecule is CN1CCN(CC2CCCN(c3ccc(Nc4ncc5ccc(-c6ccccc6CN(C)S(=O)[O-])n5n4)cc3)C2)CC1. The van der Waals surface area contributed by atoms with Crippen molar-refractivity contribution in [3.8, 4) is 11.3 Å². The van der Waals surface area contributed by atoms with Gasteiger partial charge in [-0.3, -0.25) is 4.21 Å². The molecule has 222 valence electrons. The fraction of sp³-hybridized carbons (Fsp3) is 0.419. The number of piperidine rings is 1. The second-order valence-electron chi connectivity index (χ2n) is 11.5. The Morgan fingerprint density at radius 1 is 1.02 bits per heavy atom. The molecule has 6 rings (SSSR count). The van der Waals surface area contributed by atoms with E-state index in [0.29, 0.717) is 11.9 Å². The highest BCUT2D eigenvalue weighted by molar-refractivity contribution is 7.76. The summed E-state index contributed by atoms with van der Waals surface area (Å²) < 4.78 is 26.0. The summed E-state index contributed by atoms with van der Waals surface area (Å²) in [6.45, 7) is 8.38. The first kappa shape index (κ1) is 28.8. The number of likely N-dealkylation sites (N-methyl/N-ethyl adjacent to an activating group) is 1. The van der Waals surface area contributed by atoms with E-state index >= 15 is 0 Å². The highest BCUT2D eigenvalue weighted by Gasteiger charge is 2.24. The van der Waals surface area contributed by atoms with Crippen LogP contribution in [0.2, 0.25) is 0 Å². The van der Waals surface area contributed by atoms with Crippen LogP contribution < -0.4 is 10.2 Å². The number of rotatable bonds is 9. The lowest BCUT2D eigenvalue weighted by molar-refractivity contribution is 0.131. The molecule has 0 radical (unpaired) electrons. The number of hydrogen-bond acceptors (Lipinski definition) is 8. The van der Waals surface area contributed by atoms with Gasteiger partial charge in [-0.05, 0) is 74.8 Å². The van der Waals surface area contributed by atoms with Crippen LogP contribution in [0.4, 0.5) is 17.3 Å². The third kappa shape index (κ3) is 6.66. The van der Waals surface area contributed by atoms with Crippen LogP contribution in [0, 0.1) is 5.92 Å². The van der Waals surface area contributed by atoms with E-state index in [1.54, 1.807) is 13.2 Å². The van der Waals surface area contributed by atoms with Gasteiger partial charge in [-0.15, -0.1) is 5.10 Å². The molecular weight excluding hydrogens is 548 g/mol. The van der Waals surface area contributed by atoms with Crippen molar-refractivity contribution >= 4 is 34.1 Å². The Morgan fingerprint density at radius 2 is 1.81 bits per heavy atom. The molecule has 0 saturated carbocycles. The molecule has 2 aromatic heterocycles. The Morgan fingerprint density at radius 3 is 2.60 bits per heavy atom. The quantitative estimate of drug-likeness (QED) is 0.296. The molecule has 4 heterocycles. The van der Waals surface area contributed by atoms with Gasteiger partial charge in [0.25, 0.3) is 0 Å². The normalized spacial score (nSPS) is 19.4. The number of aromatic nitrogens is 3. The van der Waals surface area contributed by atoms with Crippen LogP contribution in [-0.4, -0.2) is 97.4 Å². The minimum atomic E-state index is -2.29. The topological polar surface area (TPSA) is 95.3 Å². The molecule has 2 atom stereocenters. The van der Waals surface area contributed by atoms with Crippen LogP contribution in [0.3, 0.4) is 0 Å². The summed E-state index contributed by atoms with van der Waals surface area (Å²) in [4.78, 5) is 12.1. The van der Waals surface area contributed by atoms with Crippen molar-refractivity contribution in [1.29, 1.82) is 0 Å². The molecule has 4 aromatic rings. The molecule has 1 N–H and O–H groups in total. The van der Waals surface area contributed by atoms with Crippen LogP contribution in [0.25, 0.3) is 16.8 Å². The summed E-state index contributed by atoms with van der Waals surface area (Å²) >= 11 is -2.29. The molecule has 0 amide bonds. The molecule has 42 heavy (non-hydrogen) atoms. The van der Waals surface area contributed by atoms with E-state index < -0.39 is 11.3 Å². The fourth-order valence-electron chi connectivity index (χ4n) is 6.09. The number of fused-ring (bicyclic) bond motifs is 1. The monoisotopic (exact) mass is 587 g/mol. The maximum atomic E-state index is 11.4. The highest BCUT2D eigenvalue weighted by Crippen LogP contribution is 2.28. The number of hydrogen-bond donors (Lipinski definition) is 1. The first-order valence-electron chi connectivity index (χ1n) is 14.7. The average molecular weight is 588 g/mol. The number of nitrogens with zero attached hydrogens (tertiary/aromatic N) is 7. The van der Waals surface area contributed by atoms with Gasteiger partial charge in [0, 0.05) is 80.6 Å². The lowest BCUT2D eigenvalue weighted by Crippen LogP contribution is -2.48. The van der Waals surface area contributed by atoms with Crippen molar-refractivity contribution in [3.05, 3.63) is 72.4 Å². The van der Waals surface area contributed by atoms with E-state index in [4.69, 9.17) is 5.10 Å². The lowest BCUT2D eigenvalue weighted by atomic mass is 9.96. The van der Waals surface area contributed by atoms with E-state index in [0.717, 1.165) is 41.1 Å². The maximum absolute atomic E-state index is 11.4.